The Morgan fingerprint density at radius 3 is 2.00 bits per heavy atom. The monoisotopic (exact) mass is 776 g/mol. The number of benzene rings is 6. The number of nitrogens with zero attached hydrogens (tertiary/aromatic N) is 5. The van der Waals surface area contributed by atoms with Gasteiger partial charge in [0.15, 0.2) is 23.1 Å². The number of imidazole rings is 1. The zero-order valence-electron chi connectivity index (χ0n) is 31.9. The lowest BCUT2D eigenvalue weighted by molar-refractivity contribution is -0.116. The summed E-state index contributed by atoms with van der Waals surface area (Å²) in [5.41, 5.74) is 4.65. The predicted molar refractivity (Wildman–Crippen MR) is 218 cm³/mol. The van der Waals surface area contributed by atoms with Crippen molar-refractivity contribution in [3.8, 4) is 22.6 Å². The number of amides is 1. The number of rotatable bonds is 12. The van der Waals surface area contributed by atoms with Gasteiger partial charge in [0.25, 0.3) is 0 Å². The van der Waals surface area contributed by atoms with Crippen LogP contribution in [0.15, 0.2) is 151 Å². The molecular formula is C46H38F2N6O4. The Morgan fingerprint density at radius 1 is 0.810 bits per heavy atom. The van der Waals surface area contributed by atoms with Crippen LogP contribution in [0, 0.1) is 18.6 Å². The minimum atomic E-state index is -0.914. The molecule has 0 spiro atoms. The van der Waals surface area contributed by atoms with Crippen molar-refractivity contribution in [3.05, 3.63) is 196 Å². The minimum absolute atomic E-state index is 0.124. The average molecular weight is 777 g/mol. The molecule has 0 saturated heterocycles. The van der Waals surface area contributed by atoms with Crippen molar-refractivity contribution in [1.29, 1.82) is 0 Å². The van der Waals surface area contributed by atoms with Crippen molar-refractivity contribution in [2.75, 3.05) is 12.4 Å². The lowest BCUT2D eigenvalue weighted by Gasteiger charge is -2.38. The molecule has 0 unspecified atom stereocenters. The number of carbonyl (C=O) groups is 1. The third-order valence-corrected chi connectivity index (χ3v) is 10.2. The van der Waals surface area contributed by atoms with Gasteiger partial charge in [-0.25, -0.2) is 13.6 Å². The summed E-state index contributed by atoms with van der Waals surface area (Å²) in [6.07, 6.45) is 1.66. The van der Waals surface area contributed by atoms with E-state index in [-0.39, 0.29) is 24.7 Å². The highest BCUT2D eigenvalue weighted by atomic mass is 19.1. The van der Waals surface area contributed by atoms with E-state index in [1.54, 1.807) is 25.5 Å². The van der Waals surface area contributed by atoms with Crippen molar-refractivity contribution < 1.29 is 23.0 Å². The molecule has 58 heavy (non-hydrogen) atoms. The van der Waals surface area contributed by atoms with Crippen molar-refractivity contribution in [2.45, 2.75) is 25.6 Å². The summed E-state index contributed by atoms with van der Waals surface area (Å²) in [5.74, 6) is -1.17. The smallest absolute Gasteiger partial charge is 0.329 e. The highest BCUT2D eigenvalue weighted by molar-refractivity contribution is 5.96. The molecule has 8 aromatic rings. The molecule has 8 rings (SSSR count). The van der Waals surface area contributed by atoms with Gasteiger partial charge >= 0.3 is 5.69 Å². The van der Waals surface area contributed by atoms with Gasteiger partial charge in [-0.2, -0.15) is 0 Å². The minimum Gasteiger partial charge on any atom is -0.493 e. The van der Waals surface area contributed by atoms with E-state index >= 15 is 4.39 Å². The van der Waals surface area contributed by atoms with Crippen LogP contribution in [-0.2, 0) is 30.5 Å². The molecule has 0 saturated carbocycles. The number of methoxy groups -OCH3 is 1. The van der Waals surface area contributed by atoms with Crippen molar-refractivity contribution >= 4 is 22.6 Å². The lowest BCUT2D eigenvalue weighted by atomic mass is 9.76. The molecule has 0 radical (unpaired) electrons. The van der Waals surface area contributed by atoms with E-state index < -0.39 is 28.8 Å². The summed E-state index contributed by atoms with van der Waals surface area (Å²) < 4.78 is 46.6. The van der Waals surface area contributed by atoms with E-state index in [9.17, 15) is 14.0 Å². The van der Waals surface area contributed by atoms with Crippen LogP contribution in [0.5, 0.6) is 11.5 Å². The Bertz CT molecular complexity index is 2710. The van der Waals surface area contributed by atoms with Gasteiger partial charge in [-0.3, -0.25) is 18.5 Å². The Balaban J connectivity index is 1.15. The normalized spacial score (nSPS) is 11.5. The number of hydrogen-bond donors (Lipinski definition) is 1. The van der Waals surface area contributed by atoms with Gasteiger partial charge in [-0.05, 0) is 83.3 Å². The fourth-order valence-electron chi connectivity index (χ4n) is 7.69. The number of nitrogens with one attached hydrogen (secondary N) is 1. The Labute approximate surface area is 332 Å². The molecule has 10 nitrogen and oxygen atoms in total. The second-order valence-corrected chi connectivity index (χ2v) is 13.9. The zero-order valence-corrected chi connectivity index (χ0v) is 31.9. The summed E-state index contributed by atoms with van der Waals surface area (Å²) in [6, 6.07) is 42.1. The van der Waals surface area contributed by atoms with Crippen LogP contribution in [0.25, 0.3) is 22.2 Å². The maximum Gasteiger partial charge on any atom is 0.329 e. The first kappa shape index (κ1) is 37.6. The fraction of sp³-hybridized carbons (Fsp3) is 0.130. The molecule has 1 amide bonds. The average Bonchev–Trinajstić information content (AvgIpc) is 3.80. The molecule has 0 aliphatic rings. The SMILES string of the molecule is COc1cc(-c2cc(C)cc3c2n(C)c(=O)n3CC(=O)Nc2ccc(F)cc2)cc(F)c1OCc1nncn1C(c1ccccc1)(c1ccccc1)c1ccccc1. The van der Waals surface area contributed by atoms with E-state index in [0.717, 1.165) is 22.3 Å². The van der Waals surface area contributed by atoms with E-state index in [2.05, 4.69) is 51.9 Å². The number of aromatic nitrogens is 5. The van der Waals surface area contributed by atoms with Crippen LogP contribution in [0.2, 0.25) is 0 Å². The lowest BCUT2D eigenvalue weighted by Crippen LogP contribution is -2.38. The van der Waals surface area contributed by atoms with Crippen molar-refractivity contribution in [1.82, 2.24) is 23.9 Å². The first-order valence-corrected chi connectivity index (χ1v) is 18.5. The molecule has 0 atom stereocenters. The van der Waals surface area contributed by atoms with E-state index in [1.165, 1.54) is 46.6 Å². The number of ether oxygens (including phenoxy) is 2. The highest BCUT2D eigenvalue weighted by Crippen LogP contribution is 2.42. The van der Waals surface area contributed by atoms with Crippen LogP contribution in [-0.4, -0.2) is 36.9 Å². The second kappa shape index (κ2) is 15.7. The topological polar surface area (TPSA) is 105 Å². The van der Waals surface area contributed by atoms with Gasteiger partial charge in [0.1, 0.15) is 30.8 Å². The van der Waals surface area contributed by atoms with Crippen LogP contribution < -0.4 is 20.5 Å². The van der Waals surface area contributed by atoms with Crippen LogP contribution >= 0.6 is 0 Å². The molecule has 0 aliphatic heterocycles. The molecular weight excluding hydrogens is 739 g/mol. The number of anilines is 1. The number of halogens is 2. The number of fused-ring (bicyclic) bond motifs is 1. The molecule has 1 N–H and O–H groups in total. The van der Waals surface area contributed by atoms with Gasteiger partial charge in [-0.15, -0.1) is 10.2 Å². The van der Waals surface area contributed by atoms with Gasteiger partial charge < -0.3 is 14.8 Å². The summed E-state index contributed by atoms with van der Waals surface area (Å²) in [5, 5.41) is 11.5. The Morgan fingerprint density at radius 2 is 1.41 bits per heavy atom. The van der Waals surface area contributed by atoms with Gasteiger partial charge in [0, 0.05) is 18.3 Å². The second-order valence-electron chi connectivity index (χ2n) is 13.9. The number of hydrogen-bond acceptors (Lipinski definition) is 6. The van der Waals surface area contributed by atoms with Crippen LogP contribution in [0.4, 0.5) is 14.5 Å². The molecule has 6 aromatic carbocycles. The van der Waals surface area contributed by atoms with E-state index in [4.69, 9.17) is 9.47 Å². The highest BCUT2D eigenvalue weighted by Gasteiger charge is 2.40. The van der Waals surface area contributed by atoms with E-state index in [0.29, 0.717) is 33.7 Å². The molecule has 2 heterocycles. The first-order chi connectivity index (χ1) is 28.2. The molecule has 0 fully saturated rings. The fourth-order valence-corrected chi connectivity index (χ4v) is 7.69. The summed E-state index contributed by atoms with van der Waals surface area (Å²) >= 11 is 0. The number of aryl methyl sites for hydroxylation is 2. The number of carbonyl (C=O) groups excluding carboxylic acids is 1. The van der Waals surface area contributed by atoms with Crippen LogP contribution in [0.3, 0.4) is 0 Å². The predicted octanol–water partition coefficient (Wildman–Crippen LogP) is 8.25. The third kappa shape index (κ3) is 6.78. The molecule has 0 aliphatic carbocycles. The quantitative estimate of drug-likeness (QED) is 0.125. The summed E-state index contributed by atoms with van der Waals surface area (Å²) in [6.45, 7) is 1.39. The summed E-state index contributed by atoms with van der Waals surface area (Å²) in [4.78, 5) is 26.6. The maximum atomic E-state index is 16.4. The molecule has 0 bridgehead atoms. The van der Waals surface area contributed by atoms with Gasteiger partial charge in [-0.1, -0.05) is 91.0 Å². The molecule has 2 aromatic heterocycles. The Kier molecular flexibility index (Phi) is 10.1. The zero-order chi connectivity index (χ0) is 40.4. The van der Waals surface area contributed by atoms with E-state index in [1.807, 2.05) is 72.2 Å². The van der Waals surface area contributed by atoms with Crippen LogP contribution in [0.1, 0.15) is 28.1 Å². The molecule has 12 heteroatoms. The van der Waals surface area contributed by atoms with Crippen molar-refractivity contribution in [2.24, 2.45) is 7.05 Å². The van der Waals surface area contributed by atoms with Gasteiger partial charge in [0.05, 0.1) is 18.1 Å². The third-order valence-electron chi connectivity index (χ3n) is 10.2. The van der Waals surface area contributed by atoms with Crippen molar-refractivity contribution in [3.63, 3.8) is 0 Å². The largest absolute Gasteiger partial charge is 0.493 e. The maximum absolute atomic E-state index is 16.4. The standard InChI is InChI=1S/C46H38F2N6O4/c1-30-23-37(43-39(24-30)53(45(56)52(43)2)27-42(55)50-36-21-19-35(47)20-22-36)31-25-38(48)44(40(26-31)57-3)58-28-41-51-49-29-54(41)46(32-13-7-4-8-14-32,33-15-9-5-10-16-33)34-17-11-6-12-18-34/h4-26,29H,27-28H2,1-3H3,(H,50,55). The molecule has 290 valence electrons. The first-order valence-electron chi connectivity index (χ1n) is 18.5. The Hall–Kier alpha value is -7.34. The van der Waals surface area contributed by atoms with Gasteiger partial charge in [0.2, 0.25) is 5.91 Å². The summed E-state index contributed by atoms with van der Waals surface area (Å²) in [7, 11) is 3.02.